The molecule has 2 heteroatoms. The second-order valence-corrected chi connectivity index (χ2v) is 3.13. The highest BCUT2D eigenvalue weighted by molar-refractivity contribution is 5.69. The summed E-state index contributed by atoms with van der Waals surface area (Å²) in [5, 5.41) is 0. The molecule has 2 nitrogen and oxygen atoms in total. The Morgan fingerprint density at radius 1 is 1.38 bits per heavy atom. The number of hydrogen-bond donors (Lipinski definition) is 0. The molecule has 0 saturated carbocycles. The van der Waals surface area contributed by atoms with Crippen LogP contribution in [0.1, 0.15) is 26.2 Å². The smallest absolute Gasteiger partial charge is 0.305 e. The number of ether oxygens (including phenoxy) is 1. The highest BCUT2D eigenvalue weighted by atomic mass is 16.5. The van der Waals surface area contributed by atoms with Crippen LogP contribution < -0.4 is 0 Å². The summed E-state index contributed by atoms with van der Waals surface area (Å²) in [6, 6.07) is 0. The van der Waals surface area contributed by atoms with Crippen molar-refractivity contribution in [2.75, 3.05) is 6.61 Å². The lowest BCUT2D eigenvalue weighted by Gasteiger charge is -2.04. The van der Waals surface area contributed by atoms with Gasteiger partial charge in [0.15, 0.2) is 0 Å². The van der Waals surface area contributed by atoms with Crippen LogP contribution in [0.2, 0.25) is 0 Å². The van der Waals surface area contributed by atoms with Gasteiger partial charge in [0.25, 0.3) is 0 Å². The lowest BCUT2D eigenvalue weighted by atomic mass is 10.0. The summed E-state index contributed by atoms with van der Waals surface area (Å²) < 4.78 is 4.83. The van der Waals surface area contributed by atoms with Gasteiger partial charge in [-0.3, -0.25) is 4.79 Å². The van der Waals surface area contributed by atoms with E-state index in [0.717, 1.165) is 12.8 Å². The Hall–Kier alpha value is -1.05. The molecule has 0 radical (unpaired) electrons. The molecule has 0 heterocycles. The van der Waals surface area contributed by atoms with Crippen molar-refractivity contribution in [2.45, 2.75) is 26.2 Å². The maximum atomic E-state index is 11.0. The Morgan fingerprint density at radius 3 is 2.69 bits per heavy atom. The van der Waals surface area contributed by atoms with Gasteiger partial charge in [0, 0.05) is 6.42 Å². The van der Waals surface area contributed by atoms with Gasteiger partial charge in [-0.05, 0) is 25.7 Å². The van der Waals surface area contributed by atoms with Crippen molar-refractivity contribution < 1.29 is 9.53 Å². The fraction of sp³-hybridized carbons (Fsp3) is 0.545. The van der Waals surface area contributed by atoms with Crippen molar-refractivity contribution >= 4 is 5.97 Å². The molecule has 0 bridgehead atoms. The first-order valence-corrected chi connectivity index (χ1v) is 4.83. The van der Waals surface area contributed by atoms with Crippen LogP contribution in [0.15, 0.2) is 24.3 Å². The minimum Gasteiger partial charge on any atom is -0.466 e. The van der Waals surface area contributed by atoms with Crippen LogP contribution in [0.25, 0.3) is 0 Å². The van der Waals surface area contributed by atoms with Gasteiger partial charge in [-0.1, -0.05) is 24.3 Å². The molecule has 0 amide bonds. The van der Waals surface area contributed by atoms with E-state index in [9.17, 15) is 4.79 Å². The minimum absolute atomic E-state index is 0.0755. The molecule has 1 aliphatic rings. The molecule has 0 unspecified atom stereocenters. The SMILES string of the molecule is CCOC(=O)CCCC1C=CC=C1. The summed E-state index contributed by atoms with van der Waals surface area (Å²) in [4.78, 5) is 11.0. The monoisotopic (exact) mass is 180 g/mol. The van der Waals surface area contributed by atoms with Crippen LogP contribution in [0.4, 0.5) is 0 Å². The van der Waals surface area contributed by atoms with Crippen molar-refractivity contribution in [3.8, 4) is 0 Å². The van der Waals surface area contributed by atoms with E-state index in [0.29, 0.717) is 18.9 Å². The predicted octanol–water partition coefficient (Wildman–Crippen LogP) is 2.46. The number of carbonyl (C=O) groups excluding carboxylic acids is 1. The Balaban J connectivity index is 2.03. The number of hydrogen-bond acceptors (Lipinski definition) is 2. The van der Waals surface area contributed by atoms with Gasteiger partial charge in [-0.2, -0.15) is 0 Å². The third kappa shape index (κ3) is 3.92. The Bertz CT molecular complexity index is 204. The first kappa shape index (κ1) is 10.0. The average Bonchev–Trinajstić information content (AvgIpc) is 2.57. The summed E-state index contributed by atoms with van der Waals surface area (Å²) in [5.41, 5.74) is 0. The lowest BCUT2D eigenvalue weighted by Crippen LogP contribution is -2.04. The maximum absolute atomic E-state index is 11.0. The molecule has 0 spiro atoms. The number of rotatable bonds is 5. The number of allylic oxidation sites excluding steroid dienone is 4. The quantitative estimate of drug-likeness (QED) is 0.607. The molecule has 1 rings (SSSR count). The average molecular weight is 180 g/mol. The maximum Gasteiger partial charge on any atom is 0.305 e. The van der Waals surface area contributed by atoms with Crippen molar-refractivity contribution in [3.63, 3.8) is 0 Å². The Kier molecular flexibility index (Phi) is 4.30. The normalized spacial score (nSPS) is 15.2. The Labute approximate surface area is 79.3 Å². The molecule has 0 atom stereocenters. The van der Waals surface area contributed by atoms with Crippen LogP contribution in [-0.4, -0.2) is 12.6 Å². The molecule has 0 fully saturated rings. The molecule has 0 aromatic heterocycles. The highest BCUT2D eigenvalue weighted by Gasteiger charge is 2.06. The molecular weight excluding hydrogens is 164 g/mol. The molecule has 0 aliphatic heterocycles. The van der Waals surface area contributed by atoms with Crippen LogP contribution in [-0.2, 0) is 9.53 Å². The van der Waals surface area contributed by atoms with E-state index >= 15 is 0 Å². The lowest BCUT2D eigenvalue weighted by molar-refractivity contribution is -0.143. The zero-order valence-corrected chi connectivity index (χ0v) is 8.03. The third-order valence-electron chi connectivity index (χ3n) is 2.05. The van der Waals surface area contributed by atoms with Crippen LogP contribution in [0, 0.1) is 5.92 Å². The van der Waals surface area contributed by atoms with Gasteiger partial charge in [-0.25, -0.2) is 0 Å². The number of esters is 1. The summed E-state index contributed by atoms with van der Waals surface area (Å²) in [5.74, 6) is 0.461. The molecule has 0 aromatic carbocycles. The fourth-order valence-electron chi connectivity index (χ4n) is 1.39. The van der Waals surface area contributed by atoms with Gasteiger partial charge < -0.3 is 4.74 Å². The minimum atomic E-state index is -0.0755. The topological polar surface area (TPSA) is 26.3 Å². The first-order valence-electron chi connectivity index (χ1n) is 4.83. The molecule has 1 aliphatic carbocycles. The van der Waals surface area contributed by atoms with E-state index in [1.165, 1.54) is 0 Å². The summed E-state index contributed by atoms with van der Waals surface area (Å²) in [7, 11) is 0. The van der Waals surface area contributed by atoms with Gasteiger partial charge in [0.1, 0.15) is 0 Å². The Morgan fingerprint density at radius 2 is 2.08 bits per heavy atom. The third-order valence-corrected chi connectivity index (χ3v) is 2.05. The summed E-state index contributed by atoms with van der Waals surface area (Å²) in [6.45, 7) is 2.32. The van der Waals surface area contributed by atoms with E-state index in [1.807, 2.05) is 6.92 Å². The zero-order chi connectivity index (χ0) is 9.52. The van der Waals surface area contributed by atoms with Gasteiger partial charge in [0.2, 0.25) is 0 Å². The van der Waals surface area contributed by atoms with Crippen LogP contribution in [0.5, 0.6) is 0 Å². The molecule has 0 aromatic rings. The second-order valence-electron chi connectivity index (χ2n) is 3.13. The molecular formula is C11H16O2. The zero-order valence-electron chi connectivity index (χ0n) is 8.03. The van der Waals surface area contributed by atoms with Crippen molar-refractivity contribution in [1.82, 2.24) is 0 Å². The molecule has 13 heavy (non-hydrogen) atoms. The van der Waals surface area contributed by atoms with E-state index < -0.39 is 0 Å². The standard InChI is InChI=1S/C11H16O2/c1-2-13-11(12)9-5-8-10-6-3-4-7-10/h3-4,6-7,10H,2,5,8-9H2,1H3. The molecule has 0 N–H and O–H groups in total. The highest BCUT2D eigenvalue weighted by Crippen LogP contribution is 2.16. The molecule has 72 valence electrons. The second kappa shape index (κ2) is 5.57. The van der Waals surface area contributed by atoms with Crippen LogP contribution >= 0.6 is 0 Å². The van der Waals surface area contributed by atoms with Gasteiger partial charge >= 0.3 is 5.97 Å². The van der Waals surface area contributed by atoms with Gasteiger partial charge in [0.05, 0.1) is 6.61 Å². The van der Waals surface area contributed by atoms with E-state index in [4.69, 9.17) is 4.74 Å². The van der Waals surface area contributed by atoms with Gasteiger partial charge in [-0.15, -0.1) is 0 Å². The summed E-state index contributed by atoms with van der Waals surface area (Å²) in [6.07, 6.45) is 10.9. The first-order chi connectivity index (χ1) is 6.33. The van der Waals surface area contributed by atoms with Crippen molar-refractivity contribution in [2.24, 2.45) is 5.92 Å². The van der Waals surface area contributed by atoms with Crippen molar-refractivity contribution in [1.29, 1.82) is 0 Å². The predicted molar refractivity (Wildman–Crippen MR) is 52.3 cm³/mol. The van der Waals surface area contributed by atoms with E-state index in [1.54, 1.807) is 0 Å². The fourth-order valence-corrected chi connectivity index (χ4v) is 1.39. The van der Waals surface area contributed by atoms with Crippen LogP contribution in [0.3, 0.4) is 0 Å². The largest absolute Gasteiger partial charge is 0.466 e. The summed E-state index contributed by atoms with van der Waals surface area (Å²) >= 11 is 0. The number of carbonyl (C=O) groups is 1. The van der Waals surface area contributed by atoms with E-state index in [2.05, 4.69) is 24.3 Å². The molecule has 0 saturated heterocycles. The van der Waals surface area contributed by atoms with E-state index in [-0.39, 0.29) is 5.97 Å². The van der Waals surface area contributed by atoms with Crippen molar-refractivity contribution in [3.05, 3.63) is 24.3 Å².